The summed E-state index contributed by atoms with van der Waals surface area (Å²) < 4.78 is 0. The molecule has 0 saturated heterocycles. The van der Waals surface area contributed by atoms with Crippen LogP contribution in [0.1, 0.15) is 93.6 Å². The second-order valence-corrected chi connectivity index (χ2v) is 7.04. The van der Waals surface area contributed by atoms with E-state index in [9.17, 15) is 15.0 Å². The van der Waals surface area contributed by atoms with Gasteiger partial charge in [-0.25, -0.2) is 4.79 Å². The van der Waals surface area contributed by atoms with E-state index in [1.165, 1.54) is 25.7 Å². The van der Waals surface area contributed by atoms with Gasteiger partial charge in [-0.2, -0.15) is 0 Å². The molecule has 0 heterocycles. The minimum atomic E-state index is -1.05. The van der Waals surface area contributed by atoms with E-state index in [1.807, 2.05) is 19.9 Å². The number of aromatic carboxylic acids is 1. The van der Waals surface area contributed by atoms with Gasteiger partial charge >= 0.3 is 5.97 Å². The Morgan fingerprint density at radius 3 is 2.30 bits per heavy atom. The highest BCUT2D eigenvalue weighted by atomic mass is 16.4. The molecule has 3 heteroatoms. The summed E-state index contributed by atoms with van der Waals surface area (Å²) in [5.74, 6) is -0.180. The Hall–Kier alpha value is -1.51. The first-order valence-corrected chi connectivity index (χ1v) is 8.95. The summed E-state index contributed by atoms with van der Waals surface area (Å²) >= 11 is 0. The summed E-state index contributed by atoms with van der Waals surface area (Å²) in [6.45, 7) is 8.57. The molecule has 0 spiro atoms. The Bertz CT molecular complexity index is 506. The number of hydrogen-bond donors (Lipinski definition) is 2. The molecule has 0 aliphatic carbocycles. The van der Waals surface area contributed by atoms with Crippen molar-refractivity contribution >= 4 is 5.97 Å². The molecule has 1 rings (SSSR count). The molecule has 1 unspecified atom stereocenters. The van der Waals surface area contributed by atoms with Crippen LogP contribution in [0, 0.1) is 5.92 Å². The number of carboxylic acids is 1. The molecule has 0 aliphatic rings. The standard InChI is InChI=1S/C20H32O3/c1-5-15(4)17-12-16(13-18(19(17)21)20(22)23)11-9-7-6-8-10-14(2)3/h12-15,21H,5-11H2,1-4H3,(H,22,23). The summed E-state index contributed by atoms with van der Waals surface area (Å²) in [6, 6.07) is 3.63. The number of unbranched alkanes of at least 4 members (excludes halogenated alkanes) is 3. The molecule has 2 N–H and O–H groups in total. The molecule has 1 atom stereocenters. The number of rotatable bonds is 10. The molecule has 1 aromatic carbocycles. The number of benzene rings is 1. The lowest BCUT2D eigenvalue weighted by Gasteiger charge is -2.15. The monoisotopic (exact) mass is 320 g/mol. The number of carbonyl (C=O) groups is 1. The highest BCUT2D eigenvalue weighted by molar-refractivity contribution is 5.91. The van der Waals surface area contributed by atoms with E-state index in [-0.39, 0.29) is 17.2 Å². The van der Waals surface area contributed by atoms with Crippen molar-refractivity contribution in [1.29, 1.82) is 0 Å². The summed E-state index contributed by atoms with van der Waals surface area (Å²) in [5, 5.41) is 19.5. The molecular weight excluding hydrogens is 288 g/mol. The normalized spacial score (nSPS) is 12.6. The average Bonchev–Trinajstić information content (AvgIpc) is 2.50. The van der Waals surface area contributed by atoms with Crippen LogP contribution < -0.4 is 0 Å². The van der Waals surface area contributed by atoms with E-state index in [4.69, 9.17) is 0 Å². The van der Waals surface area contributed by atoms with Crippen LogP contribution in [-0.2, 0) is 6.42 Å². The van der Waals surface area contributed by atoms with Crippen LogP contribution in [0.5, 0.6) is 5.75 Å². The van der Waals surface area contributed by atoms with Crippen LogP contribution in [0.15, 0.2) is 12.1 Å². The molecule has 0 aromatic heterocycles. The molecule has 0 bridgehead atoms. The number of carboxylic acid groups (broad SMARTS) is 1. The second kappa shape index (κ2) is 9.59. The third-order valence-corrected chi connectivity index (χ3v) is 4.57. The third kappa shape index (κ3) is 6.25. The number of hydrogen-bond acceptors (Lipinski definition) is 2. The van der Waals surface area contributed by atoms with E-state index in [2.05, 4.69) is 13.8 Å². The second-order valence-electron chi connectivity index (χ2n) is 7.04. The van der Waals surface area contributed by atoms with Crippen molar-refractivity contribution in [3.63, 3.8) is 0 Å². The van der Waals surface area contributed by atoms with Crippen molar-refractivity contribution in [1.82, 2.24) is 0 Å². The van der Waals surface area contributed by atoms with Gasteiger partial charge in [-0.3, -0.25) is 0 Å². The molecule has 0 saturated carbocycles. The molecule has 1 aromatic rings. The molecular formula is C20H32O3. The van der Waals surface area contributed by atoms with Gasteiger partial charge < -0.3 is 10.2 Å². The van der Waals surface area contributed by atoms with Crippen molar-refractivity contribution < 1.29 is 15.0 Å². The van der Waals surface area contributed by atoms with Crippen LogP contribution in [0.2, 0.25) is 0 Å². The fraction of sp³-hybridized carbons (Fsp3) is 0.650. The largest absolute Gasteiger partial charge is 0.507 e. The number of aryl methyl sites for hydroxylation is 1. The summed E-state index contributed by atoms with van der Waals surface area (Å²) in [4.78, 5) is 11.4. The zero-order chi connectivity index (χ0) is 17.4. The molecule has 0 fully saturated rings. The Morgan fingerprint density at radius 2 is 1.74 bits per heavy atom. The van der Waals surface area contributed by atoms with Gasteiger partial charge in [-0.05, 0) is 48.3 Å². The average molecular weight is 320 g/mol. The van der Waals surface area contributed by atoms with Gasteiger partial charge in [0.1, 0.15) is 11.3 Å². The predicted molar refractivity (Wildman–Crippen MR) is 95.4 cm³/mol. The SMILES string of the molecule is CCC(C)c1cc(CCCCCCC(C)C)cc(C(=O)O)c1O. The lowest BCUT2D eigenvalue weighted by molar-refractivity contribution is 0.0693. The van der Waals surface area contributed by atoms with Crippen molar-refractivity contribution in [3.8, 4) is 5.75 Å². The minimum absolute atomic E-state index is 0.0395. The fourth-order valence-electron chi connectivity index (χ4n) is 2.86. The lowest BCUT2D eigenvalue weighted by atomic mass is 9.91. The highest BCUT2D eigenvalue weighted by Gasteiger charge is 2.18. The first-order chi connectivity index (χ1) is 10.9. The highest BCUT2D eigenvalue weighted by Crippen LogP contribution is 2.33. The van der Waals surface area contributed by atoms with Gasteiger partial charge in [0.25, 0.3) is 0 Å². The molecule has 0 amide bonds. The molecule has 130 valence electrons. The van der Waals surface area contributed by atoms with E-state index >= 15 is 0 Å². The van der Waals surface area contributed by atoms with Gasteiger partial charge in [0.05, 0.1) is 0 Å². The van der Waals surface area contributed by atoms with Gasteiger partial charge in [-0.1, -0.05) is 59.4 Å². The van der Waals surface area contributed by atoms with Crippen molar-refractivity contribution in [2.75, 3.05) is 0 Å². The van der Waals surface area contributed by atoms with E-state index < -0.39 is 5.97 Å². The summed E-state index contributed by atoms with van der Waals surface area (Å²) in [7, 11) is 0. The molecule has 0 radical (unpaired) electrons. The topological polar surface area (TPSA) is 57.5 Å². The lowest BCUT2D eigenvalue weighted by Crippen LogP contribution is -2.04. The van der Waals surface area contributed by atoms with Crippen LogP contribution in [0.3, 0.4) is 0 Å². The maximum atomic E-state index is 11.4. The Morgan fingerprint density at radius 1 is 1.09 bits per heavy atom. The smallest absolute Gasteiger partial charge is 0.339 e. The van der Waals surface area contributed by atoms with E-state index in [1.54, 1.807) is 6.07 Å². The minimum Gasteiger partial charge on any atom is -0.507 e. The van der Waals surface area contributed by atoms with Gasteiger partial charge in [0.2, 0.25) is 0 Å². The number of aromatic hydroxyl groups is 1. The zero-order valence-corrected chi connectivity index (χ0v) is 15.1. The van der Waals surface area contributed by atoms with Crippen LogP contribution in [0.25, 0.3) is 0 Å². The summed E-state index contributed by atoms with van der Waals surface area (Å²) in [5.41, 5.74) is 1.83. The van der Waals surface area contributed by atoms with Crippen LogP contribution >= 0.6 is 0 Å². The first-order valence-electron chi connectivity index (χ1n) is 8.95. The van der Waals surface area contributed by atoms with Crippen molar-refractivity contribution in [2.45, 2.75) is 78.6 Å². The van der Waals surface area contributed by atoms with Gasteiger partial charge in [-0.15, -0.1) is 0 Å². The maximum Gasteiger partial charge on any atom is 0.339 e. The van der Waals surface area contributed by atoms with Crippen LogP contribution in [-0.4, -0.2) is 16.2 Å². The van der Waals surface area contributed by atoms with E-state index in [0.717, 1.165) is 36.3 Å². The molecule has 0 aliphatic heterocycles. The fourth-order valence-corrected chi connectivity index (χ4v) is 2.86. The summed E-state index contributed by atoms with van der Waals surface area (Å²) in [6.07, 6.45) is 7.79. The Labute approximate surface area is 140 Å². The first kappa shape index (κ1) is 19.5. The molecule has 3 nitrogen and oxygen atoms in total. The Balaban J connectivity index is 2.71. The Kier molecular flexibility index (Phi) is 8.15. The zero-order valence-electron chi connectivity index (χ0n) is 15.1. The quantitative estimate of drug-likeness (QED) is 0.539. The predicted octanol–water partition coefficient (Wildman–Crippen LogP) is 5.75. The maximum absolute atomic E-state index is 11.4. The molecule has 23 heavy (non-hydrogen) atoms. The van der Waals surface area contributed by atoms with Crippen LogP contribution in [0.4, 0.5) is 0 Å². The van der Waals surface area contributed by atoms with Crippen molar-refractivity contribution in [3.05, 3.63) is 28.8 Å². The number of phenols is 1. The van der Waals surface area contributed by atoms with E-state index in [0.29, 0.717) is 0 Å². The third-order valence-electron chi connectivity index (χ3n) is 4.57. The van der Waals surface area contributed by atoms with Gasteiger partial charge in [0.15, 0.2) is 0 Å². The van der Waals surface area contributed by atoms with Gasteiger partial charge in [0, 0.05) is 0 Å². The van der Waals surface area contributed by atoms with Crippen molar-refractivity contribution in [2.24, 2.45) is 5.92 Å².